The van der Waals surface area contributed by atoms with Crippen LogP contribution in [-0.4, -0.2) is 17.5 Å². The Kier molecular flexibility index (Phi) is 4.62. The van der Waals surface area contributed by atoms with Gasteiger partial charge in [-0.05, 0) is 24.6 Å². The molecular formula is C13H13Cl2N3O2. The Labute approximate surface area is 126 Å². The molecule has 0 aliphatic carbocycles. The van der Waals surface area contributed by atoms with Gasteiger partial charge in [0.25, 0.3) is 5.91 Å². The molecule has 1 aromatic carbocycles. The SMILES string of the molecule is CC(NC(=O)C1=NNC(=O)CC1)c1ccc(Cl)cc1Cl. The van der Waals surface area contributed by atoms with Gasteiger partial charge in [-0.15, -0.1) is 0 Å². The highest BCUT2D eigenvalue weighted by Crippen LogP contribution is 2.26. The van der Waals surface area contributed by atoms with Crippen LogP contribution >= 0.6 is 23.2 Å². The van der Waals surface area contributed by atoms with E-state index in [0.717, 1.165) is 5.56 Å². The maximum atomic E-state index is 12.0. The van der Waals surface area contributed by atoms with Crippen molar-refractivity contribution < 1.29 is 9.59 Å². The molecule has 1 heterocycles. The number of nitrogens with zero attached hydrogens (tertiary/aromatic N) is 1. The second kappa shape index (κ2) is 6.24. The minimum absolute atomic E-state index is 0.185. The molecule has 1 atom stereocenters. The minimum atomic E-state index is -0.316. The number of nitrogens with one attached hydrogen (secondary N) is 2. The van der Waals surface area contributed by atoms with Crippen molar-refractivity contribution in [3.63, 3.8) is 0 Å². The Morgan fingerprint density at radius 3 is 2.75 bits per heavy atom. The fourth-order valence-electron chi connectivity index (χ4n) is 1.85. The Bertz CT molecular complexity index is 587. The molecule has 2 amide bonds. The lowest BCUT2D eigenvalue weighted by molar-refractivity contribution is -0.121. The molecule has 2 N–H and O–H groups in total. The van der Waals surface area contributed by atoms with Crippen LogP contribution in [0.25, 0.3) is 0 Å². The summed E-state index contributed by atoms with van der Waals surface area (Å²) in [5.74, 6) is -0.501. The Morgan fingerprint density at radius 2 is 2.15 bits per heavy atom. The Morgan fingerprint density at radius 1 is 1.40 bits per heavy atom. The maximum Gasteiger partial charge on any atom is 0.267 e. The average molecular weight is 314 g/mol. The molecule has 7 heteroatoms. The highest BCUT2D eigenvalue weighted by molar-refractivity contribution is 6.39. The molecule has 1 aliphatic heterocycles. The van der Waals surface area contributed by atoms with Crippen LogP contribution in [0.3, 0.4) is 0 Å². The molecule has 1 unspecified atom stereocenters. The first-order valence-electron chi connectivity index (χ1n) is 6.08. The number of rotatable bonds is 3. The van der Waals surface area contributed by atoms with Crippen LogP contribution in [0.4, 0.5) is 0 Å². The van der Waals surface area contributed by atoms with Gasteiger partial charge in [-0.1, -0.05) is 29.3 Å². The van der Waals surface area contributed by atoms with Crippen molar-refractivity contribution in [3.8, 4) is 0 Å². The molecule has 1 aromatic rings. The van der Waals surface area contributed by atoms with Gasteiger partial charge in [-0.3, -0.25) is 9.59 Å². The summed E-state index contributed by atoms with van der Waals surface area (Å²) in [5, 5.41) is 7.57. The fraction of sp³-hybridized carbons (Fsp3) is 0.308. The topological polar surface area (TPSA) is 70.6 Å². The van der Waals surface area contributed by atoms with E-state index in [-0.39, 0.29) is 24.3 Å². The first kappa shape index (κ1) is 14.8. The molecule has 1 aliphatic rings. The third kappa shape index (κ3) is 3.49. The molecule has 0 radical (unpaired) electrons. The summed E-state index contributed by atoms with van der Waals surface area (Å²) < 4.78 is 0. The lowest BCUT2D eigenvalue weighted by Crippen LogP contribution is -2.38. The third-order valence-electron chi connectivity index (χ3n) is 2.94. The average Bonchev–Trinajstić information content (AvgIpc) is 2.39. The van der Waals surface area contributed by atoms with Crippen LogP contribution in [0.5, 0.6) is 0 Å². The number of hydrogen-bond donors (Lipinski definition) is 2. The molecule has 0 saturated carbocycles. The summed E-state index contributed by atoms with van der Waals surface area (Å²) >= 11 is 11.9. The molecule has 2 rings (SSSR count). The zero-order valence-corrected chi connectivity index (χ0v) is 12.3. The first-order chi connectivity index (χ1) is 9.47. The summed E-state index contributed by atoms with van der Waals surface area (Å²) in [5.41, 5.74) is 3.36. The van der Waals surface area contributed by atoms with E-state index < -0.39 is 0 Å². The summed E-state index contributed by atoms with van der Waals surface area (Å²) in [6.07, 6.45) is 0.598. The molecule has 106 valence electrons. The maximum absolute atomic E-state index is 12.0. The number of halogens is 2. The van der Waals surface area contributed by atoms with Crippen LogP contribution in [0, 0.1) is 0 Å². The predicted octanol–water partition coefficient (Wildman–Crippen LogP) is 2.44. The summed E-state index contributed by atoms with van der Waals surface area (Å²) in [7, 11) is 0. The van der Waals surface area contributed by atoms with Crippen molar-refractivity contribution in [2.24, 2.45) is 5.10 Å². The van der Waals surface area contributed by atoms with Crippen LogP contribution < -0.4 is 10.7 Å². The lowest BCUT2D eigenvalue weighted by atomic mass is 10.1. The van der Waals surface area contributed by atoms with E-state index in [1.165, 1.54) is 0 Å². The Hall–Kier alpha value is -1.59. The second-order valence-electron chi connectivity index (χ2n) is 4.45. The number of benzene rings is 1. The van der Waals surface area contributed by atoms with Gasteiger partial charge in [0.1, 0.15) is 5.71 Å². The number of carbonyl (C=O) groups excluding carboxylic acids is 2. The largest absolute Gasteiger partial charge is 0.344 e. The van der Waals surface area contributed by atoms with Gasteiger partial charge in [-0.25, -0.2) is 5.43 Å². The van der Waals surface area contributed by atoms with Crippen molar-refractivity contribution >= 4 is 40.7 Å². The summed E-state index contributed by atoms with van der Waals surface area (Å²) in [6, 6.07) is 4.82. The van der Waals surface area contributed by atoms with E-state index in [2.05, 4.69) is 15.8 Å². The molecular weight excluding hydrogens is 301 g/mol. The third-order valence-corrected chi connectivity index (χ3v) is 3.51. The van der Waals surface area contributed by atoms with Gasteiger partial charge in [-0.2, -0.15) is 5.10 Å². The molecule has 5 nitrogen and oxygen atoms in total. The number of hydrazone groups is 1. The number of amides is 2. The number of hydrogen-bond acceptors (Lipinski definition) is 3. The molecule has 0 bridgehead atoms. The zero-order valence-electron chi connectivity index (χ0n) is 10.7. The van der Waals surface area contributed by atoms with Crippen molar-refractivity contribution in [1.82, 2.24) is 10.7 Å². The smallest absolute Gasteiger partial charge is 0.267 e. The van der Waals surface area contributed by atoms with Gasteiger partial charge in [0, 0.05) is 22.9 Å². The van der Waals surface area contributed by atoms with E-state index in [1.807, 2.05) is 6.92 Å². The van der Waals surface area contributed by atoms with Crippen molar-refractivity contribution in [3.05, 3.63) is 33.8 Å². The van der Waals surface area contributed by atoms with Gasteiger partial charge < -0.3 is 5.32 Å². The van der Waals surface area contributed by atoms with Gasteiger partial charge >= 0.3 is 0 Å². The molecule has 0 aromatic heterocycles. The van der Waals surface area contributed by atoms with Crippen LogP contribution in [0.15, 0.2) is 23.3 Å². The van der Waals surface area contributed by atoms with Crippen molar-refractivity contribution in [2.45, 2.75) is 25.8 Å². The summed E-state index contributed by atoms with van der Waals surface area (Å²) in [6.45, 7) is 1.81. The molecule has 0 fully saturated rings. The van der Waals surface area contributed by atoms with Gasteiger partial charge in [0.2, 0.25) is 5.91 Å². The normalized spacial score (nSPS) is 16.1. The second-order valence-corrected chi connectivity index (χ2v) is 5.30. The van der Waals surface area contributed by atoms with E-state index in [4.69, 9.17) is 23.2 Å². The van der Waals surface area contributed by atoms with Gasteiger partial charge in [0.05, 0.1) is 6.04 Å². The lowest BCUT2D eigenvalue weighted by Gasteiger charge is -2.18. The fourth-order valence-corrected chi connectivity index (χ4v) is 2.42. The molecule has 0 spiro atoms. The van der Waals surface area contributed by atoms with Crippen molar-refractivity contribution in [1.29, 1.82) is 0 Å². The monoisotopic (exact) mass is 313 g/mol. The van der Waals surface area contributed by atoms with E-state index in [0.29, 0.717) is 22.2 Å². The quantitative estimate of drug-likeness (QED) is 0.899. The first-order valence-corrected chi connectivity index (χ1v) is 6.84. The van der Waals surface area contributed by atoms with E-state index >= 15 is 0 Å². The zero-order chi connectivity index (χ0) is 14.7. The highest BCUT2D eigenvalue weighted by atomic mass is 35.5. The standard InChI is InChI=1S/C13H13Cl2N3O2/c1-7(9-3-2-8(14)6-10(9)15)16-13(20)11-4-5-12(19)18-17-11/h2-3,6-7H,4-5H2,1H3,(H,16,20)(H,18,19). The van der Waals surface area contributed by atoms with Crippen molar-refractivity contribution in [2.75, 3.05) is 0 Å². The van der Waals surface area contributed by atoms with E-state index in [9.17, 15) is 9.59 Å². The van der Waals surface area contributed by atoms with Crippen LogP contribution in [0.1, 0.15) is 31.4 Å². The minimum Gasteiger partial charge on any atom is -0.344 e. The van der Waals surface area contributed by atoms with Crippen LogP contribution in [-0.2, 0) is 9.59 Å². The highest BCUT2D eigenvalue weighted by Gasteiger charge is 2.20. The Balaban J connectivity index is 2.05. The van der Waals surface area contributed by atoms with Crippen LogP contribution in [0.2, 0.25) is 10.0 Å². The summed E-state index contributed by atoms with van der Waals surface area (Å²) in [4.78, 5) is 23.0. The molecule has 20 heavy (non-hydrogen) atoms. The predicted molar refractivity (Wildman–Crippen MR) is 77.8 cm³/mol. The number of carbonyl (C=O) groups is 2. The van der Waals surface area contributed by atoms with Gasteiger partial charge in [0.15, 0.2) is 0 Å². The van der Waals surface area contributed by atoms with E-state index in [1.54, 1.807) is 18.2 Å². The molecule has 0 saturated heterocycles.